The van der Waals surface area contributed by atoms with Gasteiger partial charge in [-0.3, -0.25) is 0 Å². The van der Waals surface area contributed by atoms with E-state index in [4.69, 9.17) is 0 Å². The average Bonchev–Trinajstić information content (AvgIpc) is 3.55. The van der Waals surface area contributed by atoms with Crippen LogP contribution in [0.25, 0.3) is 63.3 Å². The molecule has 2 heteroatoms. The second-order valence-electron chi connectivity index (χ2n) is 14.9. The number of rotatable bonds is 12. The van der Waals surface area contributed by atoms with Gasteiger partial charge in [-0.1, -0.05) is 161 Å². The van der Waals surface area contributed by atoms with Crippen LogP contribution in [0.4, 0.5) is 0 Å². The first-order valence-electron chi connectivity index (χ1n) is 20.1. The smallest absolute Gasteiger partial charge is 0.0361 e. The Morgan fingerprint density at radius 3 is 1.39 bits per heavy atom. The summed E-state index contributed by atoms with van der Waals surface area (Å²) in [7, 11) is 0. The Balaban J connectivity index is 0.000000153. The third-order valence-electron chi connectivity index (χ3n) is 10.8. The van der Waals surface area contributed by atoms with E-state index in [-0.39, 0.29) is 0 Å². The predicted octanol–water partition coefficient (Wildman–Crippen LogP) is 16.8. The quantitative estimate of drug-likeness (QED) is 0.112. The highest BCUT2D eigenvalue weighted by Crippen LogP contribution is 2.39. The molecule has 0 unspecified atom stereocenters. The van der Waals surface area contributed by atoms with Gasteiger partial charge in [0.2, 0.25) is 0 Å². The Kier molecular flexibility index (Phi) is 11.6. The Morgan fingerprint density at radius 2 is 0.796 bits per heavy atom. The zero-order valence-electron chi connectivity index (χ0n) is 31.7. The molecule has 0 saturated heterocycles. The molecule has 0 spiro atoms. The van der Waals surface area contributed by atoms with Crippen LogP contribution in [0, 0.1) is 0 Å². The molecule has 270 valence electrons. The van der Waals surface area contributed by atoms with Gasteiger partial charge in [0.05, 0.1) is 0 Å². The van der Waals surface area contributed by atoms with Crippen LogP contribution in [0.15, 0.2) is 155 Å². The molecule has 0 aliphatic rings. The SMILES string of the molecule is CCCCCCc1ccc2cc3c(cc2c1)sc1cc2ccccc2cc13.CCCCCCc1ccc2ccc(Sc3ccc4ccccc4c3)cc2c1. The number of hydrogen-bond acceptors (Lipinski definition) is 2. The summed E-state index contributed by atoms with van der Waals surface area (Å²) in [4.78, 5) is 2.60. The number of thiophene rings is 1. The van der Waals surface area contributed by atoms with Crippen LogP contribution in [0.3, 0.4) is 0 Å². The van der Waals surface area contributed by atoms with E-state index in [0.29, 0.717) is 0 Å². The molecule has 0 saturated carbocycles. The van der Waals surface area contributed by atoms with Crippen molar-refractivity contribution in [2.24, 2.45) is 0 Å². The first-order valence-corrected chi connectivity index (χ1v) is 21.7. The molecule has 0 nitrogen and oxygen atoms in total. The fourth-order valence-electron chi connectivity index (χ4n) is 7.78. The lowest BCUT2D eigenvalue weighted by Gasteiger charge is -2.07. The maximum absolute atomic E-state index is 2.40. The van der Waals surface area contributed by atoms with Crippen LogP contribution >= 0.6 is 23.1 Å². The van der Waals surface area contributed by atoms with Crippen LogP contribution < -0.4 is 0 Å². The summed E-state index contributed by atoms with van der Waals surface area (Å²) in [6.07, 6.45) is 13.0. The predicted molar refractivity (Wildman–Crippen MR) is 242 cm³/mol. The normalized spacial score (nSPS) is 11.6. The lowest BCUT2D eigenvalue weighted by molar-refractivity contribution is 0.667. The minimum atomic E-state index is 1.19. The van der Waals surface area contributed by atoms with Crippen LogP contribution in [-0.4, -0.2) is 0 Å². The van der Waals surface area contributed by atoms with Gasteiger partial charge in [-0.2, -0.15) is 0 Å². The van der Waals surface area contributed by atoms with Crippen molar-refractivity contribution in [3.63, 3.8) is 0 Å². The van der Waals surface area contributed by atoms with Gasteiger partial charge in [0.15, 0.2) is 0 Å². The van der Waals surface area contributed by atoms with Gasteiger partial charge >= 0.3 is 0 Å². The van der Waals surface area contributed by atoms with Crippen molar-refractivity contribution in [3.05, 3.63) is 157 Å². The van der Waals surface area contributed by atoms with Crippen molar-refractivity contribution in [1.82, 2.24) is 0 Å². The lowest BCUT2D eigenvalue weighted by atomic mass is 10.00. The van der Waals surface area contributed by atoms with E-state index in [1.54, 1.807) is 0 Å². The second-order valence-corrected chi connectivity index (χ2v) is 17.1. The molecule has 54 heavy (non-hydrogen) atoms. The molecule has 0 aliphatic carbocycles. The number of aryl methyl sites for hydroxylation is 2. The lowest BCUT2D eigenvalue weighted by Crippen LogP contribution is -1.86. The molecule has 1 aromatic heterocycles. The molecule has 0 amide bonds. The maximum atomic E-state index is 2.40. The summed E-state index contributed by atoms with van der Waals surface area (Å²) < 4.78 is 2.79. The topological polar surface area (TPSA) is 0 Å². The van der Waals surface area contributed by atoms with Crippen LogP contribution in [-0.2, 0) is 12.8 Å². The van der Waals surface area contributed by atoms with E-state index in [0.717, 1.165) is 0 Å². The molecular formula is C52H50S2. The molecular weight excluding hydrogens is 689 g/mol. The summed E-state index contributed by atoms with van der Waals surface area (Å²) in [5.41, 5.74) is 2.94. The van der Waals surface area contributed by atoms with E-state index in [1.165, 1.54) is 148 Å². The minimum absolute atomic E-state index is 1.19. The standard InChI is InChI=1S/C26H24S.C26H26S/c1-2-3-4-5-8-18-11-12-21-15-24-23-14-19-9-6-7-10-20(19)16-25(23)27-26(24)17-22(21)13-18;1-2-3-4-5-8-20-11-12-22-14-16-26(19-24(22)17-20)27-25-15-13-21-9-6-7-10-23(21)18-25/h6-7,9-17H,2-5,8H2,1H3;6-7,9-19H,2-5,8H2,1H3. The molecule has 0 N–H and O–H groups in total. The average molecular weight is 739 g/mol. The molecule has 0 atom stereocenters. The molecule has 8 aromatic carbocycles. The van der Waals surface area contributed by atoms with E-state index < -0.39 is 0 Å². The van der Waals surface area contributed by atoms with Crippen molar-refractivity contribution < 1.29 is 0 Å². The minimum Gasteiger partial charge on any atom is -0.135 e. The molecule has 0 fully saturated rings. The van der Waals surface area contributed by atoms with Gasteiger partial charge < -0.3 is 0 Å². The third-order valence-corrected chi connectivity index (χ3v) is 12.9. The summed E-state index contributed by atoms with van der Waals surface area (Å²) in [6.45, 7) is 4.54. The highest BCUT2D eigenvalue weighted by atomic mass is 32.2. The fourth-order valence-corrected chi connectivity index (χ4v) is 9.86. The molecule has 1 heterocycles. The first-order chi connectivity index (χ1) is 26.6. The van der Waals surface area contributed by atoms with Crippen molar-refractivity contribution in [2.45, 2.75) is 87.8 Å². The van der Waals surface area contributed by atoms with Gasteiger partial charge in [-0.05, 0) is 128 Å². The monoisotopic (exact) mass is 738 g/mol. The number of benzene rings is 8. The molecule has 0 radical (unpaired) electrons. The van der Waals surface area contributed by atoms with Crippen LogP contribution in [0.2, 0.25) is 0 Å². The van der Waals surface area contributed by atoms with E-state index in [1.807, 2.05) is 23.1 Å². The Morgan fingerprint density at radius 1 is 0.370 bits per heavy atom. The molecule has 9 rings (SSSR count). The number of fused-ring (bicyclic) bond motifs is 7. The van der Waals surface area contributed by atoms with Gasteiger partial charge in [-0.25, -0.2) is 0 Å². The van der Waals surface area contributed by atoms with Gasteiger partial charge in [-0.15, -0.1) is 11.3 Å². The van der Waals surface area contributed by atoms with E-state index in [9.17, 15) is 0 Å². The van der Waals surface area contributed by atoms with Crippen molar-refractivity contribution in [3.8, 4) is 0 Å². The van der Waals surface area contributed by atoms with Crippen molar-refractivity contribution in [1.29, 1.82) is 0 Å². The Bertz CT molecular complexity index is 2680. The highest BCUT2D eigenvalue weighted by Gasteiger charge is 2.09. The number of unbranched alkanes of at least 4 members (excludes halogenated alkanes) is 6. The fraction of sp³-hybridized carbons (Fsp3) is 0.231. The summed E-state index contributed by atoms with van der Waals surface area (Å²) in [6, 6.07) is 54.3. The third kappa shape index (κ3) is 8.51. The van der Waals surface area contributed by atoms with Crippen molar-refractivity contribution >= 4 is 86.4 Å². The van der Waals surface area contributed by atoms with Gasteiger partial charge in [0.25, 0.3) is 0 Å². The maximum Gasteiger partial charge on any atom is 0.0361 e. The van der Waals surface area contributed by atoms with Gasteiger partial charge in [0.1, 0.15) is 0 Å². The summed E-state index contributed by atoms with van der Waals surface area (Å²) in [5, 5.41) is 13.5. The van der Waals surface area contributed by atoms with E-state index in [2.05, 4.69) is 159 Å². The Hall–Kier alpha value is -4.63. The zero-order chi connectivity index (χ0) is 36.7. The van der Waals surface area contributed by atoms with Crippen molar-refractivity contribution in [2.75, 3.05) is 0 Å². The largest absolute Gasteiger partial charge is 0.135 e. The van der Waals surface area contributed by atoms with E-state index >= 15 is 0 Å². The second kappa shape index (κ2) is 17.2. The van der Waals surface area contributed by atoms with Crippen LogP contribution in [0.5, 0.6) is 0 Å². The highest BCUT2D eigenvalue weighted by molar-refractivity contribution is 7.99. The zero-order valence-corrected chi connectivity index (χ0v) is 33.4. The first kappa shape index (κ1) is 36.4. The summed E-state index contributed by atoms with van der Waals surface area (Å²) >= 11 is 3.77. The molecule has 9 aromatic rings. The molecule has 0 aliphatic heterocycles. The van der Waals surface area contributed by atoms with Crippen LogP contribution in [0.1, 0.15) is 76.3 Å². The van der Waals surface area contributed by atoms with Gasteiger partial charge in [0, 0.05) is 30.0 Å². The molecule has 0 bridgehead atoms. The number of hydrogen-bond donors (Lipinski definition) is 0. The summed E-state index contributed by atoms with van der Waals surface area (Å²) in [5.74, 6) is 0. The Labute approximate surface area is 329 Å².